The summed E-state index contributed by atoms with van der Waals surface area (Å²) >= 11 is 5.92. The second-order valence-electron chi connectivity index (χ2n) is 6.24. The summed E-state index contributed by atoms with van der Waals surface area (Å²) in [5.41, 5.74) is 1.32. The van der Waals surface area contributed by atoms with Gasteiger partial charge in [-0.25, -0.2) is 4.79 Å². The molecule has 2 aliphatic heterocycles. The number of amides is 3. The van der Waals surface area contributed by atoms with Gasteiger partial charge in [0.25, 0.3) is 0 Å². The van der Waals surface area contributed by atoms with E-state index in [2.05, 4.69) is 5.32 Å². The zero-order chi connectivity index (χ0) is 18.8. The third-order valence-electron chi connectivity index (χ3n) is 4.38. The number of rotatable bonds is 4. The lowest BCUT2D eigenvalue weighted by Gasteiger charge is -2.22. The highest BCUT2D eigenvalue weighted by molar-refractivity contribution is 6.30. The smallest absolute Gasteiger partial charge is 0.325 e. The molecule has 0 bridgehead atoms. The van der Waals surface area contributed by atoms with Crippen LogP contribution < -0.4 is 19.7 Å². The third kappa shape index (κ3) is 3.78. The summed E-state index contributed by atoms with van der Waals surface area (Å²) in [7, 11) is 0. The molecule has 2 aromatic rings. The van der Waals surface area contributed by atoms with E-state index in [1.165, 1.54) is 4.90 Å². The van der Waals surface area contributed by atoms with Gasteiger partial charge in [0.1, 0.15) is 19.8 Å². The summed E-state index contributed by atoms with van der Waals surface area (Å²) in [5, 5.41) is 3.29. The fraction of sp³-hybridized carbons (Fsp3) is 0.263. The fourth-order valence-electron chi connectivity index (χ4n) is 3.11. The van der Waals surface area contributed by atoms with Gasteiger partial charge in [-0.2, -0.15) is 0 Å². The van der Waals surface area contributed by atoms with Crippen LogP contribution >= 0.6 is 11.6 Å². The Balaban J connectivity index is 1.40. The number of carbonyl (C=O) groups excluding carboxylic acids is 2. The summed E-state index contributed by atoms with van der Waals surface area (Å²) in [5.74, 6) is 1.03. The molecule has 27 heavy (non-hydrogen) atoms. The van der Waals surface area contributed by atoms with Crippen LogP contribution in [0, 0.1) is 0 Å². The molecule has 0 aliphatic carbocycles. The second kappa shape index (κ2) is 7.36. The van der Waals surface area contributed by atoms with Crippen LogP contribution in [-0.4, -0.2) is 49.7 Å². The van der Waals surface area contributed by atoms with E-state index in [0.717, 1.165) is 5.69 Å². The number of hydrogen-bond donors (Lipinski definition) is 1. The minimum absolute atomic E-state index is 0.0214. The lowest BCUT2D eigenvalue weighted by atomic mass is 10.2. The first kappa shape index (κ1) is 17.5. The van der Waals surface area contributed by atoms with Crippen molar-refractivity contribution in [2.75, 3.05) is 43.1 Å². The molecular formula is C19H18ClN3O4. The number of halogens is 1. The molecule has 1 N–H and O–H groups in total. The van der Waals surface area contributed by atoms with Crippen molar-refractivity contribution in [3.63, 3.8) is 0 Å². The summed E-state index contributed by atoms with van der Waals surface area (Å²) in [6.07, 6.45) is 0. The van der Waals surface area contributed by atoms with Crippen LogP contribution in [0.25, 0.3) is 0 Å². The first-order chi connectivity index (χ1) is 13.1. The number of fused-ring (bicyclic) bond motifs is 1. The van der Waals surface area contributed by atoms with Crippen LogP contribution in [-0.2, 0) is 4.79 Å². The Morgan fingerprint density at radius 2 is 1.89 bits per heavy atom. The Kier molecular flexibility index (Phi) is 4.77. The van der Waals surface area contributed by atoms with Crippen LogP contribution in [0.4, 0.5) is 16.2 Å². The number of benzene rings is 2. The molecule has 0 atom stereocenters. The molecule has 2 heterocycles. The molecule has 2 aliphatic rings. The van der Waals surface area contributed by atoms with E-state index < -0.39 is 0 Å². The van der Waals surface area contributed by atoms with E-state index >= 15 is 0 Å². The van der Waals surface area contributed by atoms with Gasteiger partial charge in [0.2, 0.25) is 5.91 Å². The number of nitrogens with zero attached hydrogens (tertiary/aromatic N) is 2. The first-order valence-electron chi connectivity index (χ1n) is 8.62. The van der Waals surface area contributed by atoms with Crippen molar-refractivity contribution in [2.24, 2.45) is 0 Å². The summed E-state index contributed by atoms with van der Waals surface area (Å²) in [4.78, 5) is 28.1. The van der Waals surface area contributed by atoms with E-state index in [4.69, 9.17) is 21.1 Å². The van der Waals surface area contributed by atoms with Crippen LogP contribution in [0.1, 0.15) is 0 Å². The monoisotopic (exact) mass is 387 g/mol. The molecule has 1 saturated heterocycles. The highest BCUT2D eigenvalue weighted by Crippen LogP contribution is 2.35. The van der Waals surface area contributed by atoms with Gasteiger partial charge in [-0.15, -0.1) is 0 Å². The molecule has 7 nitrogen and oxygen atoms in total. The summed E-state index contributed by atoms with van der Waals surface area (Å²) in [6.45, 7) is 1.95. The van der Waals surface area contributed by atoms with Crippen LogP contribution in [0.3, 0.4) is 0 Å². The lowest BCUT2D eigenvalue weighted by Crippen LogP contribution is -2.37. The fourth-order valence-corrected chi connectivity index (χ4v) is 3.30. The van der Waals surface area contributed by atoms with E-state index in [1.54, 1.807) is 41.3 Å². The molecule has 0 saturated carbocycles. The Morgan fingerprint density at radius 1 is 1.07 bits per heavy atom. The predicted molar refractivity (Wildman–Crippen MR) is 102 cm³/mol. The molecule has 1 fully saturated rings. The molecular weight excluding hydrogens is 370 g/mol. The molecule has 2 aromatic carbocycles. The van der Waals surface area contributed by atoms with E-state index in [9.17, 15) is 9.59 Å². The van der Waals surface area contributed by atoms with Crippen molar-refractivity contribution < 1.29 is 19.1 Å². The number of nitrogens with one attached hydrogen (secondary N) is 1. The lowest BCUT2D eigenvalue weighted by molar-refractivity contribution is -0.116. The number of anilines is 2. The average Bonchev–Trinajstić information content (AvgIpc) is 3.01. The van der Waals surface area contributed by atoms with E-state index in [-0.39, 0.29) is 18.5 Å². The maximum absolute atomic E-state index is 12.7. The SMILES string of the molecule is O=C(CN1CCN(c2ccc3c(c2)OCCO3)C1=O)Nc1cccc(Cl)c1. The summed E-state index contributed by atoms with van der Waals surface area (Å²) < 4.78 is 11.1. The normalized spacial score (nSPS) is 15.8. The molecule has 0 aromatic heterocycles. The van der Waals surface area contributed by atoms with Gasteiger partial charge in [-0.3, -0.25) is 9.69 Å². The highest BCUT2D eigenvalue weighted by Gasteiger charge is 2.31. The van der Waals surface area contributed by atoms with Gasteiger partial charge in [-0.1, -0.05) is 17.7 Å². The second-order valence-corrected chi connectivity index (χ2v) is 6.68. The maximum Gasteiger partial charge on any atom is 0.325 e. The van der Waals surface area contributed by atoms with Gasteiger partial charge in [0.15, 0.2) is 11.5 Å². The van der Waals surface area contributed by atoms with Crippen molar-refractivity contribution in [1.29, 1.82) is 0 Å². The molecule has 0 unspecified atom stereocenters. The Labute approximate surface area is 161 Å². The largest absolute Gasteiger partial charge is 0.486 e. The predicted octanol–water partition coefficient (Wildman–Crippen LogP) is 2.99. The Hall–Kier alpha value is -2.93. The van der Waals surface area contributed by atoms with Gasteiger partial charge in [0.05, 0.1) is 0 Å². The number of hydrogen-bond acceptors (Lipinski definition) is 4. The molecule has 0 radical (unpaired) electrons. The topological polar surface area (TPSA) is 71.1 Å². The minimum atomic E-state index is -0.269. The standard InChI is InChI=1S/C19H18ClN3O4/c20-13-2-1-3-14(10-13)21-18(24)12-22-6-7-23(19(22)25)15-4-5-16-17(11-15)27-9-8-26-16/h1-5,10-11H,6-9,12H2,(H,21,24). The highest BCUT2D eigenvalue weighted by atomic mass is 35.5. The third-order valence-corrected chi connectivity index (χ3v) is 4.61. The van der Waals surface area contributed by atoms with E-state index in [0.29, 0.717) is 48.5 Å². The quantitative estimate of drug-likeness (QED) is 0.875. The maximum atomic E-state index is 12.7. The summed E-state index contributed by atoms with van der Waals surface area (Å²) in [6, 6.07) is 12.1. The van der Waals surface area contributed by atoms with Crippen LogP contribution in [0.5, 0.6) is 11.5 Å². The molecule has 3 amide bonds. The van der Waals surface area contributed by atoms with Crippen molar-refractivity contribution in [2.45, 2.75) is 0 Å². The number of carbonyl (C=O) groups is 2. The van der Waals surface area contributed by atoms with Crippen molar-refractivity contribution in [3.05, 3.63) is 47.5 Å². The average molecular weight is 388 g/mol. The van der Waals surface area contributed by atoms with Crippen LogP contribution in [0.2, 0.25) is 5.02 Å². The zero-order valence-electron chi connectivity index (χ0n) is 14.5. The van der Waals surface area contributed by atoms with Crippen LogP contribution in [0.15, 0.2) is 42.5 Å². The first-order valence-corrected chi connectivity index (χ1v) is 8.99. The van der Waals surface area contributed by atoms with Crippen molar-refractivity contribution in [1.82, 2.24) is 4.90 Å². The van der Waals surface area contributed by atoms with Crippen molar-refractivity contribution in [3.8, 4) is 11.5 Å². The minimum Gasteiger partial charge on any atom is -0.486 e. The number of ether oxygens (including phenoxy) is 2. The molecule has 8 heteroatoms. The Morgan fingerprint density at radius 3 is 2.70 bits per heavy atom. The van der Waals surface area contributed by atoms with E-state index in [1.807, 2.05) is 6.07 Å². The molecule has 4 rings (SSSR count). The van der Waals surface area contributed by atoms with Gasteiger partial charge >= 0.3 is 6.03 Å². The Bertz CT molecular complexity index is 889. The van der Waals surface area contributed by atoms with Gasteiger partial charge < -0.3 is 19.7 Å². The molecule has 0 spiro atoms. The van der Waals surface area contributed by atoms with Gasteiger partial charge in [-0.05, 0) is 30.3 Å². The zero-order valence-corrected chi connectivity index (χ0v) is 15.2. The molecule has 140 valence electrons. The number of urea groups is 1. The van der Waals surface area contributed by atoms with Crippen molar-refractivity contribution >= 4 is 34.9 Å². The van der Waals surface area contributed by atoms with Gasteiger partial charge in [0, 0.05) is 35.6 Å².